The lowest BCUT2D eigenvalue weighted by Crippen LogP contribution is -2.39. The van der Waals surface area contributed by atoms with E-state index in [0.717, 1.165) is 24.4 Å². The van der Waals surface area contributed by atoms with Gasteiger partial charge in [-0.25, -0.2) is 0 Å². The first-order valence-electron chi connectivity index (χ1n) is 9.27. The molecule has 5 atom stereocenters. The van der Waals surface area contributed by atoms with Gasteiger partial charge in [0.25, 0.3) is 0 Å². The standard InChI is InChI=1S/C20H36O2/c1-14-8-7-11-20(6)16(14)9-10-17(20)15(2)12-22-13-18(21)19(3,4)5/h14-17H,7-13H2,1-6H3/t14-,15+,16-,17+,20-/m0/s1. The van der Waals surface area contributed by atoms with Crippen LogP contribution < -0.4 is 0 Å². The van der Waals surface area contributed by atoms with Crippen LogP contribution in [0.15, 0.2) is 0 Å². The van der Waals surface area contributed by atoms with Crippen LogP contribution in [0.4, 0.5) is 0 Å². The van der Waals surface area contributed by atoms with E-state index < -0.39 is 0 Å². The first-order valence-corrected chi connectivity index (χ1v) is 9.27. The fraction of sp³-hybridized carbons (Fsp3) is 0.950. The molecule has 2 aliphatic rings. The smallest absolute Gasteiger partial charge is 0.163 e. The van der Waals surface area contributed by atoms with Gasteiger partial charge in [0.1, 0.15) is 6.61 Å². The number of rotatable bonds is 5. The minimum Gasteiger partial charge on any atom is -0.373 e. The Hall–Kier alpha value is -0.370. The molecule has 0 aromatic rings. The van der Waals surface area contributed by atoms with Gasteiger partial charge in [0.15, 0.2) is 5.78 Å². The average molecular weight is 309 g/mol. The summed E-state index contributed by atoms with van der Waals surface area (Å²) in [6.45, 7) is 14.2. The number of ether oxygens (including phenoxy) is 1. The van der Waals surface area contributed by atoms with Crippen molar-refractivity contribution in [3.63, 3.8) is 0 Å². The SMILES string of the molecule is C[C@H](COCC(=O)C(C)(C)C)[C@H]1CC[C@H]2[C@@H](C)CCC[C@]12C. The van der Waals surface area contributed by atoms with E-state index in [-0.39, 0.29) is 17.8 Å². The molecular formula is C20H36O2. The van der Waals surface area contributed by atoms with Gasteiger partial charge in [-0.05, 0) is 48.3 Å². The van der Waals surface area contributed by atoms with Gasteiger partial charge in [0.2, 0.25) is 0 Å². The molecule has 0 aromatic carbocycles. The van der Waals surface area contributed by atoms with Crippen molar-refractivity contribution < 1.29 is 9.53 Å². The average Bonchev–Trinajstić information content (AvgIpc) is 2.76. The van der Waals surface area contributed by atoms with Crippen LogP contribution in [0, 0.1) is 34.5 Å². The quantitative estimate of drug-likeness (QED) is 0.705. The molecule has 0 N–H and O–H groups in total. The Morgan fingerprint density at radius 1 is 1.27 bits per heavy atom. The van der Waals surface area contributed by atoms with Gasteiger partial charge >= 0.3 is 0 Å². The van der Waals surface area contributed by atoms with Crippen LogP contribution in [-0.4, -0.2) is 19.0 Å². The van der Waals surface area contributed by atoms with Crippen molar-refractivity contribution in [2.24, 2.45) is 34.5 Å². The number of hydrogen-bond acceptors (Lipinski definition) is 2. The third-order valence-corrected chi connectivity index (χ3v) is 6.68. The topological polar surface area (TPSA) is 26.3 Å². The zero-order chi connectivity index (χ0) is 16.5. The molecule has 22 heavy (non-hydrogen) atoms. The Morgan fingerprint density at radius 2 is 1.95 bits per heavy atom. The highest BCUT2D eigenvalue weighted by Crippen LogP contribution is 2.59. The predicted octanol–water partition coefficient (Wildman–Crippen LogP) is 5.11. The third kappa shape index (κ3) is 3.58. The van der Waals surface area contributed by atoms with E-state index in [1.165, 1.54) is 32.1 Å². The summed E-state index contributed by atoms with van der Waals surface area (Å²) in [4.78, 5) is 12.0. The van der Waals surface area contributed by atoms with E-state index in [0.29, 0.717) is 11.3 Å². The minimum atomic E-state index is -0.285. The maximum Gasteiger partial charge on any atom is 0.163 e. The normalized spacial score (nSPS) is 36.9. The maximum atomic E-state index is 12.0. The van der Waals surface area contributed by atoms with Crippen LogP contribution in [0.1, 0.15) is 73.6 Å². The summed E-state index contributed by atoms with van der Waals surface area (Å²) >= 11 is 0. The van der Waals surface area contributed by atoms with E-state index >= 15 is 0 Å². The summed E-state index contributed by atoms with van der Waals surface area (Å²) in [5.41, 5.74) is 0.223. The number of fused-ring (bicyclic) bond motifs is 1. The predicted molar refractivity (Wildman–Crippen MR) is 91.8 cm³/mol. The lowest BCUT2D eigenvalue weighted by molar-refractivity contribution is -0.131. The molecule has 0 radical (unpaired) electrons. The molecular weight excluding hydrogens is 272 g/mol. The van der Waals surface area contributed by atoms with E-state index in [1.807, 2.05) is 20.8 Å². The largest absolute Gasteiger partial charge is 0.373 e. The van der Waals surface area contributed by atoms with E-state index in [9.17, 15) is 4.79 Å². The summed E-state index contributed by atoms with van der Waals surface area (Å²) in [5, 5.41) is 0. The van der Waals surface area contributed by atoms with Gasteiger partial charge in [-0.2, -0.15) is 0 Å². The summed E-state index contributed by atoms with van der Waals surface area (Å²) in [5.74, 6) is 3.34. The Balaban J connectivity index is 1.88. The third-order valence-electron chi connectivity index (χ3n) is 6.68. The molecule has 0 aliphatic heterocycles. The van der Waals surface area contributed by atoms with Crippen molar-refractivity contribution in [1.29, 1.82) is 0 Å². The lowest BCUT2D eigenvalue weighted by Gasteiger charge is -2.46. The molecule has 2 aliphatic carbocycles. The minimum absolute atomic E-state index is 0.210. The van der Waals surface area contributed by atoms with Crippen molar-refractivity contribution in [3.05, 3.63) is 0 Å². The fourth-order valence-electron chi connectivity index (χ4n) is 5.21. The van der Waals surface area contributed by atoms with Crippen molar-refractivity contribution in [2.45, 2.75) is 73.6 Å². The maximum absolute atomic E-state index is 12.0. The van der Waals surface area contributed by atoms with Crippen LogP contribution in [-0.2, 0) is 9.53 Å². The molecule has 0 heterocycles. The van der Waals surface area contributed by atoms with Gasteiger partial charge in [0.05, 0.1) is 6.61 Å². The number of Topliss-reactive ketones (excluding diaryl/α,β-unsaturated/α-hetero) is 1. The fourth-order valence-corrected chi connectivity index (χ4v) is 5.21. The lowest BCUT2D eigenvalue weighted by atomic mass is 9.60. The number of ketones is 1. The summed E-state index contributed by atoms with van der Waals surface area (Å²) in [7, 11) is 0. The second-order valence-electron chi connectivity index (χ2n) is 9.33. The van der Waals surface area contributed by atoms with Gasteiger partial charge in [-0.3, -0.25) is 4.79 Å². The molecule has 0 spiro atoms. The number of carbonyl (C=O) groups is 1. The highest BCUT2D eigenvalue weighted by Gasteiger charge is 2.51. The van der Waals surface area contributed by atoms with E-state index in [4.69, 9.17) is 4.74 Å². The van der Waals surface area contributed by atoms with Gasteiger partial charge < -0.3 is 4.74 Å². The number of hydrogen-bond donors (Lipinski definition) is 0. The van der Waals surface area contributed by atoms with Crippen molar-refractivity contribution in [3.8, 4) is 0 Å². The van der Waals surface area contributed by atoms with Gasteiger partial charge in [0, 0.05) is 5.41 Å². The highest BCUT2D eigenvalue weighted by molar-refractivity contribution is 5.84. The summed E-state index contributed by atoms with van der Waals surface area (Å²) in [6, 6.07) is 0. The van der Waals surface area contributed by atoms with Crippen molar-refractivity contribution >= 4 is 5.78 Å². The molecule has 0 unspecified atom stereocenters. The molecule has 128 valence electrons. The van der Waals surface area contributed by atoms with Gasteiger partial charge in [-0.1, -0.05) is 54.4 Å². The highest BCUT2D eigenvalue weighted by atomic mass is 16.5. The van der Waals surface area contributed by atoms with Crippen LogP contribution in [0.5, 0.6) is 0 Å². The molecule has 0 bridgehead atoms. The van der Waals surface area contributed by atoms with Crippen molar-refractivity contribution in [2.75, 3.05) is 13.2 Å². The summed E-state index contributed by atoms with van der Waals surface area (Å²) < 4.78 is 5.80. The molecule has 2 fully saturated rings. The van der Waals surface area contributed by atoms with Crippen LogP contribution in [0.3, 0.4) is 0 Å². The first-order chi connectivity index (χ1) is 10.2. The van der Waals surface area contributed by atoms with Crippen molar-refractivity contribution in [1.82, 2.24) is 0 Å². The zero-order valence-electron chi connectivity index (χ0n) is 15.6. The van der Waals surface area contributed by atoms with E-state index in [2.05, 4.69) is 20.8 Å². The molecule has 2 nitrogen and oxygen atoms in total. The molecule has 0 amide bonds. The van der Waals surface area contributed by atoms with Crippen LogP contribution >= 0.6 is 0 Å². The molecule has 2 heteroatoms. The zero-order valence-corrected chi connectivity index (χ0v) is 15.6. The summed E-state index contributed by atoms with van der Waals surface area (Å²) in [6.07, 6.45) is 6.94. The second-order valence-corrected chi connectivity index (χ2v) is 9.33. The molecule has 2 saturated carbocycles. The molecule has 0 saturated heterocycles. The Bertz CT molecular complexity index is 395. The van der Waals surface area contributed by atoms with Crippen LogP contribution in [0.25, 0.3) is 0 Å². The van der Waals surface area contributed by atoms with Crippen LogP contribution in [0.2, 0.25) is 0 Å². The number of carbonyl (C=O) groups excluding carboxylic acids is 1. The van der Waals surface area contributed by atoms with E-state index in [1.54, 1.807) is 0 Å². The second kappa shape index (κ2) is 6.63. The Labute approximate surface area is 137 Å². The molecule has 0 aromatic heterocycles. The monoisotopic (exact) mass is 308 g/mol. The van der Waals surface area contributed by atoms with Gasteiger partial charge in [-0.15, -0.1) is 0 Å². The molecule has 2 rings (SSSR count). The Kier molecular flexibility index (Phi) is 5.42. The Morgan fingerprint density at radius 3 is 2.59 bits per heavy atom. The first kappa shape index (κ1) is 18.0.